The topological polar surface area (TPSA) is 78.3 Å². The highest BCUT2D eigenvalue weighted by molar-refractivity contribution is 7.71. The van der Waals surface area contributed by atoms with Crippen LogP contribution in [0, 0.1) is 4.77 Å². The highest BCUT2D eigenvalue weighted by Gasteiger charge is 2.23. The summed E-state index contributed by atoms with van der Waals surface area (Å²) in [7, 11) is 0. The van der Waals surface area contributed by atoms with Crippen molar-refractivity contribution in [2.24, 2.45) is 0 Å². The molecular weight excluding hydrogens is 422 g/mol. The maximum absolute atomic E-state index is 12.7. The van der Waals surface area contributed by atoms with Gasteiger partial charge in [-0.3, -0.25) is 14.2 Å². The number of piperidine rings is 1. The number of para-hydroxylation sites is 1. The van der Waals surface area contributed by atoms with E-state index in [1.54, 1.807) is 16.7 Å². The minimum absolute atomic E-state index is 0.0584. The summed E-state index contributed by atoms with van der Waals surface area (Å²) in [5.41, 5.74) is 1.94. The maximum atomic E-state index is 12.7. The Morgan fingerprint density at radius 2 is 1.75 bits per heavy atom. The first kappa shape index (κ1) is 22.3. The minimum Gasteiger partial charge on any atom is -0.508 e. The Hall–Kier alpha value is -2.93. The first-order chi connectivity index (χ1) is 15.5. The van der Waals surface area contributed by atoms with E-state index in [9.17, 15) is 14.7 Å². The molecule has 0 aliphatic carbocycles. The molecule has 4 rings (SSSR count). The van der Waals surface area contributed by atoms with Crippen LogP contribution in [0.25, 0.3) is 10.9 Å². The van der Waals surface area contributed by atoms with Crippen molar-refractivity contribution < 1.29 is 9.90 Å². The lowest BCUT2D eigenvalue weighted by molar-refractivity contribution is -0.132. The van der Waals surface area contributed by atoms with Gasteiger partial charge < -0.3 is 15.0 Å². The van der Waals surface area contributed by atoms with E-state index in [0.717, 1.165) is 50.7 Å². The number of likely N-dealkylation sites (tertiary alicyclic amines) is 1. The molecule has 1 aromatic heterocycles. The third kappa shape index (κ3) is 5.10. The van der Waals surface area contributed by atoms with Crippen LogP contribution in [0.2, 0.25) is 0 Å². The summed E-state index contributed by atoms with van der Waals surface area (Å²) in [6, 6.07) is 14.8. The number of nitrogens with zero attached hydrogens (tertiary/aromatic N) is 2. The summed E-state index contributed by atoms with van der Waals surface area (Å²) in [6.45, 7) is 2.13. The molecule has 0 spiro atoms. The second-order valence-electron chi connectivity index (χ2n) is 8.49. The number of carbonyl (C=O) groups excluding carboxylic acids is 1. The summed E-state index contributed by atoms with van der Waals surface area (Å²) >= 11 is 5.36. The zero-order valence-corrected chi connectivity index (χ0v) is 18.9. The van der Waals surface area contributed by atoms with Gasteiger partial charge in [-0.25, -0.2) is 0 Å². The van der Waals surface area contributed by atoms with Crippen LogP contribution in [0.15, 0.2) is 53.3 Å². The van der Waals surface area contributed by atoms with Crippen LogP contribution in [0.3, 0.4) is 0 Å². The van der Waals surface area contributed by atoms with Crippen LogP contribution >= 0.6 is 12.2 Å². The van der Waals surface area contributed by atoms with Gasteiger partial charge in [0.1, 0.15) is 5.75 Å². The number of amides is 1. The number of phenols is 1. The van der Waals surface area contributed by atoms with Gasteiger partial charge in [0, 0.05) is 26.1 Å². The molecule has 168 valence electrons. The van der Waals surface area contributed by atoms with Gasteiger partial charge in [0.15, 0.2) is 4.77 Å². The van der Waals surface area contributed by atoms with Gasteiger partial charge >= 0.3 is 0 Å². The van der Waals surface area contributed by atoms with Crippen LogP contribution < -0.4 is 5.56 Å². The number of unbranched alkanes of at least 4 members (excludes halogenated alkanes) is 2. The van der Waals surface area contributed by atoms with E-state index in [0.29, 0.717) is 29.0 Å². The van der Waals surface area contributed by atoms with Crippen LogP contribution in [-0.4, -0.2) is 38.6 Å². The number of fused-ring (bicyclic) bond motifs is 1. The summed E-state index contributed by atoms with van der Waals surface area (Å²) in [4.78, 5) is 30.4. The van der Waals surface area contributed by atoms with Crippen molar-refractivity contribution in [2.45, 2.75) is 51.0 Å². The largest absolute Gasteiger partial charge is 0.508 e. The van der Waals surface area contributed by atoms with E-state index in [4.69, 9.17) is 12.2 Å². The van der Waals surface area contributed by atoms with Gasteiger partial charge in [0.25, 0.3) is 5.56 Å². The van der Waals surface area contributed by atoms with Crippen molar-refractivity contribution in [1.82, 2.24) is 14.5 Å². The Balaban J connectivity index is 1.21. The molecule has 1 fully saturated rings. The Morgan fingerprint density at radius 1 is 1.03 bits per heavy atom. The zero-order valence-electron chi connectivity index (χ0n) is 18.1. The molecule has 6 nitrogen and oxygen atoms in total. The number of aromatic amines is 1. The molecular formula is C25H29N3O3S. The molecule has 1 aliphatic rings. The normalized spacial score (nSPS) is 14.7. The van der Waals surface area contributed by atoms with Crippen molar-refractivity contribution in [3.05, 3.63) is 69.2 Å². The number of benzene rings is 2. The lowest BCUT2D eigenvalue weighted by Gasteiger charge is -2.32. The molecule has 0 unspecified atom stereocenters. The summed E-state index contributed by atoms with van der Waals surface area (Å²) in [5.74, 6) is 0.951. The van der Waals surface area contributed by atoms with Crippen LogP contribution in [0.1, 0.15) is 50.0 Å². The minimum atomic E-state index is -0.0584. The Morgan fingerprint density at radius 3 is 2.50 bits per heavy atom. The van der Waals surface area contributed by atoms with E-state index in [1.165, 1.54) is 5.56 Å². The van der Waals surface area contributed by atoms with Gasteiger partial charge in [-0.15, -0.1) is 0 Å². The fourth-order valence-electron chi connectivity index (χ4n) is 4.49. The summed E-state index contributed by atoms with van der Waals surface area (Å²) in [6.07, 6.45) is 4.97. The van der Waals surface area contributed by atoms with Crippen LogP contribution in [-0.2, 0) is 11.3 Å². The molecule has 1 aliphatic heterocycles. The van der Waals surface area contributed by atoms with Gasteiger partial charge in [0.05, 0.1) is 10.9 Å². The van der Waals surface area contributed by atoms with E-state index < -0.39 is 0 Å². The SMILES string of the molecule is O=C(CCCCCn1c(=S)[nH]c2ccccc2c1=O)N1CCC(c2ccc(O)cc2)CC1. The molecule has 1 saturated heterocycles. The van der Waals surface area contributed by atoms with Crippen molar-refractivity contribution in [3.8, 4) is 5.75 Å². The predicted octanol–water partition coefficient (Wildman–Crippen LogP) is 4.73. The standard InChI is InChI=1S/C25H29N3O3S/c29-20-11-9-18(10-12-20)19-13-16-27(17-14-19)23(30)8-2-1-5-15-28-24(31)21-6-3-4-7-22(21)26-25(28)32/h3-4,6-7,9-12,19,29H,1-2,5,8,13-17H2,(H,26,32). The molecule has 2 aromatic carbocycles. The van der Waals surface area contributed by atoms with Crippen LogP contribution in [0.4, 0.5) is 0 Å². The van der Waals surface area contributed by atoms with E-state index >= 15 is 0 Å². The lowest BCUT2D eigenvalue weighted by atomic mass is 9.89. The average molecular weight is 452 g/mol. The fourth-order valence-corrected chi connectivity index (χ4v) is 4.78. The number of phenolic OH excluding ortho intramolecular Hbond substituents is 1. The van der Waals surface area contributed by atoms with Crippen molar-refractivity contribution in [3.63, 3.8) is 0 Å². The molecule has 2 heterocycles. The monoisotopic (exact) mass is 451 g/mol. The fraction of sp³-hybridized carbons (Fsp3) is 0.400. The Bertz CT molecular complexity index is 1190. The molecule has 1 amide bonds. The molecule has 32 heavy (non-hydrogen) atoms. The summed E-state index contributed by atoms with van der Waals surface area (Å²) < 4.78 is 2.06. The van der Waals surface area contributed by atoms with Gasteiger partial charge in [0.2, 0.25) is 5.91 Å². The molecule has 0 saturated carbocycles. The van der Waals surface area contributed by atoms with Crippen molar-refractivity contribution in [2.75, 3.05) is 13.1 Å². The number of aromatic hydroxyl groups is 1. The first-order valence-electron chi connectivity index (χ1n) is 11.3. The Kier molecular flexibility index (Phi) is 7.05. The number of rotatable bonds is 7. The van der Waals surface area contributed by atoms with Crippen molar-refractivity contribution in [1.29, 1.82) is 0 Å². The highest BCUT2D eigenvalue weighted by atomic mass is 32.1. The van der Waals surface area contributed by atoms with Crippen LogP contribution in [0.5, 0.6) is 5.75 Å². The molecule has 2 N–H and O–H groups in total. The second kappa shape index (κ2) is 10.1. The maximum Gasteiger partial charge on any atom is 0.262 e. The quantitative estimate of drug-likeness (QED) is 0.402. The molecule has 0 atom stereocenters. The second-order valence-corrected chi connectivity index (χ2v) is 8.88. The smallest absolute Gasteiger partial charge is 0.262 e. The third-order valence-electron chi connectivity index (χ3n) is 6.37. The molecule has 0 radical (unpaired) electrons. The van der Waals surface area contributed by atoms with E-state index in [1.807, 2.05) is 41.3 Å². The number of hydrogen-bond acceptors (Lipinski definition) is 4. The zero-order chi connectivity index (χ0) is 22.5. The van der Waals surface area contributed by atoms with Gasteiger partial charge in [-0.05, 0) is 73.6 Å². The van der Waals surface area contributed by atoms with E-state index in [-0.39, 0.29) is 17.2 Å². The number of H-pyrrole nitrogens is 1. The Labute approximate surface area is 192 Å². The van der Waals surface area contributed by atoms with E-state index in [2.05, 4.69) is 4.98 Å². The molecule has 0 bridgehead atoms. The number of aromatic nitrogens is 2. The van der Waals surface area contributed by atoms with Gasteiger partial charge in [-0.1, -0.05) is 30.7 Å². The number of nitrogens with one attached hydrogen (secondary N) is 1. The number of carbonyl (C=O) groups is 1. The lowest BCUT2D eigenvalue weighted by Crippen LogP contribution is -2.37. The highest BCUT2D eigenvalue weighted by Crippen LogP contribution is 2.29. The first-order valence-corrected chi connectivity index (χ1v) is 11.7. The number of hydrogen-bond donors (Lipinski definition) is 2. The molecule has 3 aromatic rings. The average Bonchev–Trinajstić information content (AvgIpc) is 2.81. The molecule has 7 heteroatoms. The summed E-state index contributed by atoms with van der Waals surface area (Å²) in [5, 5.41) is 10.1. The predicted molar refractivity (Wildman–Crippen MR) is 129 cm³/mol. The van der Waals surface area contributed by atoms with Crippen molar-refractivity contribution >= 4 is 29.0 Å². The van der Waals surface area contributed by atoms with Gasteiger partial charge in [-0.2, -0.15) is 0 Å². The third-order valence-corrected chi connectivity index (χ3v) is 6.70.